The molecule has 0 aliphatic rings. The van der Waals surface area contributed by atoms with Gasteiger partial charge in [0.1, 0.15) is 0 Å². The molecule has 0 aliphatic carbocycles. The lowest BCUT2D eigenvalue weighted by Gasteiger charge is -2.15. The van der Waals surface area contributed by atoms with Crippen LogP contribution in [-0.4, -0.2) is 24.8 Å². The van der Waals surface area contributed by atoms with E-state index >= 15 is 0 Å². The number of sulfonamides is 1. The number of alkyl halides is 6. The summed E-state index contributed by atoms with van der Waals surface area (Å²) >= 11 is 0.910. The highest BCUT2D eigenvalue weighted by Crippen LogP contribution is 2.34. The zero-order valence-electron chi connectivity index (χ0n) is 12.1. The highest BCUT2D eigenvalue weighted by atomic mass is 32.2. The second-order valence-corrected chi connectivity index (χ2v) is 7.22. The fourth-order valence-corrected chi connectivity index (χ4v) is 2.73. The van der Waals surface area contributed by atoms with Crippen molar-refractivity contribution in [2.75, 3.05) is 10.0 Å². The lowest BCUT2D eigenvalue weighted by molar-refractivity contribution is -0.137. The molecule has 14 heteroatoms. The molecule has 0 atom stereocenters. The molecule has 2 heterocycles. The third-order valence-electron chi connectivity index (χ3n) is 2.74. The zero-order valence-corrected chi connectivity index (χ0v) is 13.8. The molecule has 2 N–H and O–H groups in total. The summed E-state index contributed by atoms with van der Waals surface area (Å²) in [6.45, 7) is 0. The Labute approximate surface area is 145 Å². The van der Waals surface area contributed by atoms with Gasteiger partial charge in [0.05, 0.1) is 16.1 Å². The fraction of sp³-hybridized carbons (Fsp3) is 0.167. The van der Waals surface area contributed by atoms with Gasteiger partial charge in [-0.05, 0) is 17.5 Å². The average Bonchev–Trinajstić information content (AvgIpc) is 3.00. The van der Waals surface area contributed by atoms with Crippen molar-refractivity contribution in [3.8, 4) is 0 Å². The molecule has 0 aliphatic heterocycles. The van der Waals surface area contributed by atoms with Crippen molar-refractivity contribution < 1.29 is 39.6 Å². The summed E-state index contributed by atoms with van der Waals surface area (Å²) in [6, 6.07) is 3.03. The van der Waals surface area contributed by atoms with Crippen LogP contribution in [0.2, 0.25) is 0 Å². The van der Waals surface area contributed by atoms with E-state index in [0.717, 1.165) is 16.1 Å². The number of carbonyl (C=O) groups excluding carboxylic acids is 1. The Morgan fingerprint density at radius 2 is 1.81 bits per heavy atom. The van der Waals surface area contributed by atoms with Crippen LogP contribution in [0.15, 0.2) is 29.8 Å². The summed E-state index contributed by atoms with van der Waals surface area (Å²) in [5.74, 6) is -2.06. The molecular formula is C12H7F6N3O3S2. The van der Waals surface area contributed by atoms with Crippen LogP contribution in [0.4, 0.5) is 37.8 Å². The van der Waals surface area contributed by atoms with Gasteiger partial charge in [0, 0.05) is 6.20 Å². The topological polar surface area (TPSA) is 88.2 Å². The summed E-state index contributed by atoms with van der Waals surface area (Å²) < 4.78 is 99.0. The standard InChI is InChI=1S/C12H7F6N3O3S2/c13-11(14,15)6-4-7(20-10(22)8-2-1-3-25-8)9(19-5-6)21-26(23,24)12(16,17)18/h1-5H,(H,19,21)(H,20,22). The van der Waals surface area contributed by atoms with Crippen molar-refractivity contribution in [1.29, 1.82) is 0 Å². The molecule has 0 fully saturated rings. The Kier molecular flexibility index (Phi) is 5.19. The van der Waals surface area contributed by atoms with Gasteiger partial charge < -0.3 is 5.32 Å². The van der Waals surface area contributed by atoms with E-state index < -0.39 is 44.7 Å². The highest BCUT2D eigenvalue weighted by molar-refractivity contribution is 7.93. The van der Waals surface area contributed by atoms with Crippen molar-refractivity contribution in [1.82, 2.24) is 4.98 Å². The first-order chi connectivity index (χ1) is 11.8. The van der Waals surface area contributed by atoms with E-state index in [1.54, 1.807) is 0 Å². The van der Waals surface area contributed by atoms with Gasteiger partial charge in [-0.25, -0.2) is 4.98 Å². The third kappa shape index (κ3) is 4.43. The predicted octanol–water partition coefficient (Wildman–Crippen LogP) is 3.68. The Bertz CT molecular complexity index is 907. The molecule has 6 nitrogen and oxygen atoms in total. The minimum absolute atomic E-state index is 0.0343. The van der Waals surface area contributed by atoms with E-state index in [1.807, 2.05) is 5.32 Å². The van der Waals surface area contributed by atoms with E-state index in [4.69, 9.17) is 0 Å². The van der Waals surface area contributed by atoms with Crippen LogP contribution in [0, 0.1) is 0 Å². The molecule has 0 spiro atoms. The Balaban J connectivity index is 2.46. The van der Waals surface area contributed by atoms with Gasteiger partial charge in [0.25, 0.3) is 5.91 Å². The zero-order chi connectivity index (χ0) is 19.8. The Morgan fingerprint density at radius 1 is 1.15 bits per heavy atom. The number of nitrogens with zero attached hydrogens (tertiary/aromatic N) is 1. The lowest BCUT2D eigenvalue weighted by Crippen LogP contribution is -2.31. The highest BCUT2D eigenvalue weighted by Gasteiger charge is 2.46. The first kappa shape index (κ1) is 20.0. The molecule has 142 valence electrons. The number of carbonyl (C=O) groups is 1. The van der Waals surface area contributed by atoms with Crippen molar-refractivity contribution in [2.45, 2.75) is 11.7 Å². The molecule has 0 unspecified atom stereocenters. The van der Waals surface area contributed by atoms with Gasteiger partial charge in [-0.15, -0.1) is 11.3 Å². The van der Waals surface area contributed by atoms with Crippen molar-refractivity contribution >= 4 is 38.8 Å². The fourth-order valence-electron chi connectivity index (χ4n) is 1.57. The van der Waals surface area contributed by atoms with Gasteiger partial charge in [-0.1, -0.05) is 6.07 Å². The first-order valence-corrected chi connectivity index (χ1v) is 8.69. The SMILES string of the molecule is O=C(Nc1cc(C(F)(F)F)cnc1NS(=O)(=O)C(F)(F)F)c1cccs1. The first-order valence-electron chi connectivity index (χ1n) is 6.32. The number of pyridine rings is 1. The van der Waals surface area contributed by atoms with Crippen LogP contribution < -0.4 is 10.0 Å². The van der Waals surface area contributed by atoms with E-state index in [1.165, 1.54) is 17.5 Å². The number of rotatable bonds is 4. The van der Waals surface area contributed by atoms with Gasteiger partial charge >= 0.3 is 21.7 Å². The molecule has 0 bridgehead atoms. The third-order valence-corrected chi connectivity index (χ3v) is 4.68. The van der Waals surface area contributed by atoms with Crippen LogP contribution in [0.5, 0.6) is 0 Å². The maximum absolute atomic E-state index is 12.8. The number of amides is 1. The van der Waals surface area contributed by atoms with Crippen LogP contribution in [0.1, 0.15) is 15.2 Å². The second-order valence-electron chi connectivity index (χ2n) is 4.60. The molecule has 0 saturated heterocycles. The summed E-state index contributed by atoms with van der Waals surface area (Å²) in [7, 11) is -5.95. The quantitative estimate of drug-likeness (QED) is 0.741. The number of thiophene rings is 1. The molecule has 0 radical (unpaired) electrons. The minimum atomic E-state index is -5.95. The number of hydrogen-bond donors (Lipinski definition) is 2. The molecule has 0 aromatic carbocycles. The number of anilines is 2. The van der Waals surface area contributed by atoms with Gasteiger partial charge in [0.15, 0.2) is 5.82 Å². The molecule has 26 heavy (non-hydrogen) atoms. The number of aromatic nitrogens is 1. The van der Waals surface area contributed by atoms with Gasteiger partial charge in [-0.2, -0.15) is 34.8 Å². The van der Waals surface area contributed by atoms with Crippen LogP contribution >= 0.6 is 11.3 Å². The van der Waals surface area contributed by atoms with Crippen molar-refractivity contribution in [3.05, 3.63) is 40.2 Å². The Hall–Kier alpha value is -2.35. The second kappa shape index (κ2) is 6.75. The molecule has 2 rings (SSSR count). The van der Waals surface area contributed by atoms with Crippen LogP contribution in [0.3, 0.4) is 0 Å². The molecular weight excluding hydrogens is 412 g/mol. The molecule has 2 aromatic rings. The summed E-state index contributed by atoms with van der Waals surface area (Å²) in [5.41, 5.74) is -8.01. The summed E-state index contributed by atoms with van der Waals surface area (Å²) in [4.78, 5) is 15.0. The van der Waals surface area contributed by atoms with E-state index in [-0.39, 0.29) is 17.1 Å². The smallest absolute Gasteiger partial charge is 0.318 e. The summed E-state index contributed by atoms with van der Waals surface area (Å²) in [5, 5.41) is 3.39. The normalized spacial score (nSPS) is 12.7. The van der Waals surface area contributed by atoms with Crippen molar-refractivity contribution in [3.63, 3.8) is 0 Å². The van der Waals surface area contributed by atoms with Gasteiger partial charge in [-0.3, -0.25) is 9.52 Å². The van der Waals surface area contributed by atoms with Gasteiger partial charge in [0.2, 0.25) is 0 Å². The number of hydrogen-bond acceptors (Lipinski definition) is 5. The Morgan fingerprint density at radius 3 is 2.31 bits per heavy atom. The van der Waals surface area contributed by atoms with E-state index in [0.29, 0.717) is 0 Å². The van der Waals surface area contributed by atoms with E-state index in [2.05, 4.69) is 4.98 Å². The summed E-state index contributed by atoms with van der Waals surface area (Å²) in [6.07, 6.45) is -4.79. The maximum Gasteiger partial charge on any atom is 0.516 e. The van der Waals surface area contributed by atoms with Crippen LogP contribution in [-0.2, 0) is 16.2 Å². The molecule has 2 aromatic heterocycles. The monoisotopic (exact) mass is 419 g/mol. The number of nitrogens with one attached hydrogen (secondary N) is 2. The minimum Gasteiger partial charge on any atom is -0.318 e. The lowest BCUT2D eigenvalue weighted by atomic mass is 10.2. The van der Waals surface area contributed by atoms with Crippen molar-refractivity contribution in [2.24, 2.45) is 0 Å². The van der Waals surface area contributed by atoms with Crippen LogP contribution in [0.25, 0.3) is 0 Å². The average molecular weight is 419 g/mol. The van der Waals surface area contributed by atoms with E-state index in [9.17, 15) is 39.6 Å². The number of halogens is 6. The maximum atomic E-state index is 12.8. The molecule has 1 amide bonds. The molecule has 0 saturated carbocycles. The largest absolute Gasteiger partial charge is 0.516 e. The predicted molar refractivity (Wildman–Crippen MR) is 80.1 cm³/mol.